The van der Waals surface area contributed by atoms with Gasteiger partial charge in [-0.2, -0.15) is 0 Å². The van der Waals surface area contributed by atoms with Crippen molar-refractivity contribution in [1.82, 2.24) is 31.5 Å². The molecule has 41 nitrogen and oxygen atoms in total. The number of allylic oxidation sites excluding steroid dienone is 6. The molecule has 3 fully saturated rings. The number of ether oxygens (including phenoxy) is 6. The van der Waals surface area contributed by atoms with Crippen molar-refractivity contribution >= 4 is 118 Å². The summed E-state index contributed by atoms with van der Waals surface area (Å²) in [5, 5.41) is 102. The molecule has 132 heavy (non-hydrogen) atoms. The molecule has 1 aliphatic carbocycles. The summed E-state index contributed by atoms with van der Waals surface area (Å²) in [6.45, 7) is 11.6. The summed E-state index contributed by atoms with van der Waals surface area (Å²) in [5.74, 6) is -32.4. The molecule has 3 heterocycles. The van der Waals surface area contributed by atoms with Crippen LogP contribution in [0.25, 0.3) is 0 Å². The second-order valence-electron chi connectivity index (χ2n) is 35.0. The minimum atomic E-state index is -2.57. The lowest BCUT2D eigenvalue weighted by Gasteiger charge is -2.42. The second kappa shape index (κ2) is 57.0. The van der Waals surface area contributed by atoms with Crippen molar-refractivity contribution in [3.05, 3.63) is 47.6 Å². The van der Waals surface area contributed by atoms with Crippen molar-refractivity contribution in [2.45, 2.75) is 320 Å². The van der Waals surface area contributed by atoms with Crippen LogP contribution in [-0.2, 0) is 124 Å². The van der Waals surface area contributed by atoms with Crippen molar-refractivity contribution in [1.29, 1.82) is 0 Å². The Hall–Kier alpha value is -10.7. The quantitative estimate of drug-likeness (QED) is 0.0169. The fraction of sp³-hybridized carbons (Fsp3) is 0.692. The molecule has 6 unspecified atom stereocenters. The van der Waals surface area contributed by atoms with E-state index >= 15 is 0 Å². The Morgan fingerprint density at radius 1 is 0.538 bits per heavy atom. The Bertz CT molecular complexity index is 4180. The van der Waals surface area contributed by atoms with Gasteiger partial charge in [-0.15, -0.1) is 0 Å². The van der Waals surface area contributed by atoms with Gasteiger partial charge in [-0.1, -0.05) is 71.1 Å². The number of hydrogen-bond donors (Lipinski definition) is 14. The van der Waals surface area contributed by atoms with Gasteiger partial charge in [0.25, 0.3) is 11.7 Å². The maximum absolute atomic E-state index is 14.8. The first-order chi connectivity index (χ1) is 62.1. The monoisotopic (exact) mass is 1870 g/mol. The molecule has 0 aromatic rings. The third-order valence-corrected chi connectivity index (χ3v) is 24.6. The van der Waals surface area contributed by atoms with E-state index in [2.05, 4.69) is 26.6 Å². The van der Waals surface area contributed by atoms with Crippen LogP contribution in [0, 0.1) is 47.3 Å². The van der Waals surface area contributed by atoms with Crippen molar-refractivity contribution in [2.75, 3.05) is 34.6 Å². The standard InChI is InChI=1S/C91H134N6O35/c1-49-16-12-11-13-17-50(2)70(127-8)46-59-23-19-55(7)91(126,132-59)85(120)89(124)97-39-15-14-18-64(97)90(125)131-71(47-66(99)51(3)41-54(6)83(119)84(129-10)82(118)53(5)40-49)52(4)42-56-20-29-69(72(43-56)128-9)130-48-92-73(102)30-31-74(103)93-63(27-37-80(114)115)88(123)96-62(26-36-79(112)113)68(101)45-58(22-33-76(106)107)87(122)95-61(25-35-78(110)111)67(100)44-57(21-32-75(104)105)86(121)94-60(24-34-77(108)109)65(98)28-38-81(116)117/h11-13,16-17,41,49,51-53,55-64,69-72,83-84,119,126H,14-15,18-40,42-48H2,1-10H3,(H,92,102)(H,93,103)(H,94,121)(H,95,122)(H,96,123)(H,104,105)(H,106,107)(H,108,109)(H,110,111)(H,112,113)(H,114,115)(H,116,117)/b13-11+,16-12+,50-17+,54-41+/t49-,51-,52-,53-,55-,56+,57?,58?,59+,60?,61?,62?,63?,64+,69-,70+,71+,72-,83-,84+,91-/m1/s1. The first-order valence-corrected chi connectivity index (χ1v) is 44.8. The zero-order valence-electron chi connectivity index (χ0n) is 76.7. The number of rotatable bonds is 47. The van der Waals surface area contributed by atoms with Gasteiger partial charge in [0.15, 0.2) is 23.1 Å². The number of Topliss-reactive ketones (excluding diaryl/α,β-unsaturated/α-hetero) is 6. The van der Waals surface area contributed by atoms with Crippen LogP contribution in [0.2, 0.25) is 0 Å². The smallest absolute Gasteiger partial charge is 0.329 e. The van der Waals surface area contributed by atoms with Crippen molar-refractivity contribution in [2.24, 2.45) is 47.3 Å². The number of fused-ring (bicyclic) bond motifs is 3. The Kier molecular flexibility index (Phi) is 49.0. The van der Waals surface area contributed by atoms with E-state index in [4.69, 9.17) is 33.5 Å². The van der Waals surface area contributed by atoms with Crippen LogP contribution in [0.1, 0.15) is 241 Å². The maximum atomic E-state index is 14.8. The third-order valence-electron chi connectivity index (χ3n) is 24.6. The fourth-order valence-electron chi connectivity index (χ4n) is 16.7. The van der Waals surface area contributed by atoms with E-state index in [1.54, 1.807) is 34.6 Å². The second-order valence-corrected chi connectivity index (χ2v) is 35.0. The van der Waals surface area contributed by atoms with Crippen molar-refractivity contribution in [3.63, 3.8) is 0 Å². The molecule has 2 saturated heterocycles. The van der Waals surface area contributed by atoms with Crippen molar-refractivity contribution in [3.8, 4) is 0 Å². The number of cyclic esters (lactones) is 1. The highest BCUT2D eigenvalue weighted by molar-refractivity contribution is 6.39. The summed E-state index contributed by atoms with van der Waals surface area (Å²) in [5.41, 5.74) is 1.07. The van der Waals surface area contributed by atoms with Gasteiger partial charge in [-0.05, 0) is 145 Å². The van der Waals surface area contributed by atoms with Crippen LogP contribution in [0.5, 0.6) is 0 Å². The van der Waals surface area contributed by atoms with E-state index < -0.39 is 349 Å². The fourth-order valence-corrected chi connectivity index (χ4v) is 16.7. The lowest BCUT2D eigenvalue weighted by Crippen LogP contribution is -2.61. The van der Waals surface area contributed by atoms with Crippen LogP contribution in [0.15, 0.2) is 47.6 Å². The largest absolute Gasteiger partial charge is 0.481 e. The molecule has 0 spiro atoms. The number of aliphatic hydroxyl groups excluding tert-OH is 1. The highest BCUT2D eigenvalue weighted by Crippen LogP contribution is 2.39. The number of aliphatic carboxylic acids is 7. The van der Waals surface area contributed by atoms with Gasteiger partial charge in [0, 0.05) is 141 Å². The highest BCUT2D eigenvalue weighted by atomic mass is 16.6. The average Bonchev–Trinajstić information content (AvgIpc) is 0.774. The molecule has 2 bridgehead atoms. The number of amides is 6. The average molecular weight is 1870 g/mol. The number of carboxylic acid groups (broad SMARTS) is 7. The number of carbonyl (C=O) groups is 20. The first kappa shape index (κ1) is 114. The molecule has 0 aromatic heterocycles. The lowest BCUT2D eigenvalue weighted by molar-refractivity contribution is -0.265. The van der Waals surface area contributed by atoms with E-state index in [0.717, 1.165) is 10.5 Å². The molecule has 6 amide bonds. The van der Waals surface area contributed by atoms with E-state index in [9.17, 15) is 137 Å². The Morgan fingerprint density at radius 2 is 1.06 bits per heavy atom. The highest BCUT2D eigenvalue weighted by Gasteiger charge is 2.54. The lowest BCUT2D eigenvalue weighted by atomic mass is 9.78. The van der Waals surface area contributed by atoms with Crippen LogP contribution >= 0.6 is 0 Å². The van der Waals surface area contributed by atoms with Crippen LogP contribution < -0.4 is 26.6 Å². The molecule has 738 valence electrons. The molecule has 4 aliphatic rings. The first-order valence-electron chi connectivity index (χ1n) is 44.8. The molecule has 0 radical (unpaired) electrons. The summed E-state index contributed by atoms with van der Waals surface area (Å²) >= 11 is 0. The molecule has 41 heteroatoms. The zero-order valence-corrected chi connectivity index (χ0v) is 76.7. The van der Waals surface area contributed by atoms with Gasteiger partial charge in [-0.25, -0.2) is 4.79 Å². The number of piperidine rings is 1. The SMILES string of the molecule is CO[C@H]1C[C@@H]2CC[C@@H](C)[C@@](O)(O2)C(=O)C(=O)N2CCCC[C@H]2C(=O)O[C@H]([C@H](C)C[C@@H]2CC[C@@H](OCNC(=O)CCC(=O)NC(CCC(=O)O)C(=O)NC(CCC(=O)O)C(=O)CC(CCC(=O)O)C(=O)NC(CCC(=O)O)C(=O)CC(CCC(=O)O)C(=O)NC(CCC(=O)O)C(=O)CCC(=O)O)[C@H](OC)C2)CC(=O)[C@H](C)/C=C(\C)[C@@H](O)[C@@H](OC)C(=O)[C@H](C)C[C@H](C)/C=C/C=C/C=C/1C. The Morgan fingerprint density at radius 3 is 1.59 bits per heavy atom. The molecule has 21 atom stereocenters. The summed E-state index contributed by atoms with van der Waals surface area (Å²) in [7, 11) is 4.27. The van der Waals surface area contributed by atoms with Gasteiger partial charge < -0.3 is 106 Å². The summed E-state index contributed by atoms with van der Waals surface area (Å²) in [6.07, 6.45) is -5.83. The summed E-state index contributed by atoms with van der Waals surface area (Å²) < 4.78 is 36.0. The number of hydrogen-bond acceptors (Lipinski definition) is 28. The predicted octanol–water partition coefficient (Wildman–Crippen LogP) is 4.77. The predicted molar refractivity (Wildman–Crippen MR) is 463 cm³/mol. The number of ketones is 6. The van der Waals surface area contributed by atoms with Gasteiger partial charge in [-0.3, -0.25) is 91.1 Å². The maximum Gasteiger partial charge on any atom is 0.329 e. The normalized spacial score (nSPS) is 26.8. The topological polar surface area (TPSA) is 642 Å². The third kappa shape index (κ3) is 38.8. The Labute approximate surface area is 765 Å². The van der Waals surface area contributed by atoms with Gasteiger partial charge in [0.1, 0.15) is 42.9 Å². The van der Waals surface area contributed by atoms with Gasteiger partial charge in [0.05, 0.1) is 49.0 Å². The minimum Gasteiger partial charge on any atom is -0.481 e. The summed E-state index contributed by atoms with van der Waals surface area (Å²) in [4.78, 5) is 266. The number of carbonyl (C=O) groups excluding carboxylic acids is 13. The molecular formula is C91H134N6O35. The molecule has 1 saturated carbocycles. The van der Waals surface area contributed by atoms with E-state index in [1.807, 2.05) is 44.2 Å². The number of nitrogens with one attached hydrogen (secondary N) is 5. The number of aliphatic hydroxyl groups is 2. The number of methoxy groups -OCH3 is 3. The number of nitrogens with zero attached hydrogens (tertiary/aromatic N) is 1. The van der Waals surface area contributed by atoms with Gasteiger partial charge >= 0.3 is 47.8 Å². The molecule has 4 rings (SSSR count). The van der Waals surface area contributed by atoms with E-state index in [1.165, 1.54) is 27.4 Å². The van der Waals surface area contributed by atoms with Crippen molar-refractivity contribution < 1.29 is 170 Å². The molecule has 14 N–H and O–H groups in total. The zero-order chi connectivity index (χ0) is 99.0. The number of carboxylic acids is 7. The molecule has 0 aromatic carbocycles. The summed E-state index contributed by atoms with van der Waals surface area (Å²) in [6, 6.07) is -8.57. The van der Waals surface area contributed by atoms with Crippen LogP contribution in [0.3, 0.4) is 0 Å². The van der Waals surface area contributed by atoms with E-state index in [0.29, 0.717) is 57.8 Å². The Balaban J connectivity index is 1.51. The van der Waals surface area contributed by atoms with Gasteiger partial charge in [0.2, 0.25) is 35.3 Å². The van der Waals surface area contributed by atoms with Crippen LogP contribution in [0.4, 0.5) is 0 Å². The minimum absolute atomic E-state index is 0.0491. The molecular weight excluding hydrogens is 1740 g/mol. The molecule has 3 aliphatic heterocycles. The van der Waals surface area contributed by atoms with Crippen LogP contribution in [-0.4, -0.2) is 282 Å². The van der Waals surface area contributed by atoms with E-state index in [-0.39, 0.29) is 49.0 Å². The number of esters is 1.